The van der Waals surface area contributed by atoms with E-state index < -0.39 is 0 Å². The number of nitrogens with zero attached hydrogens (tertiary/aromatic N) is 1. The van der Waals surface area contributed by atoms with Crippen LogP contribution in [0.15, 0.2) is 29.6 Å². The molecule has 1 aromatic carbocycles. The van der Waals surface area contributed by atoms with E-state index in [0.717, 1.165) is 23.6 Å². The van der Waals surface area contributed by atoms with Crippen molar-refractivity contribution in [1.29, 1.82) is 0 Å². The molecular formula is C15H20N2OS. The summed E-state index contributed by atoms with van der Waals surface area (Å²) in [7, 11) is 1.97. The van der Waals surface area contributed by atoms with Crippen LogP contribution >= 0.6 is 11.3 Å². The van der Waals surface area contributed by atoms with Gasteiger partial charge in [-0.3, -0.25) is 0 Å². The van der Waals surface area contributed by atoms with Crippen LogP contribution in [-0.4, -0.2) is 25.2 Å². The molecule has 0 spiro atoms. The largest absolute Gasteiger partial charge is 0.494 e. The standard InChI is InChI=1S/C15H20N2OS/c1-4-18-13-7-5-12(6-8-13)14-10-19-15(17-14)11(2)9-16-3/h5-8,10-11,16H,4,9H2,1-3H3. The molecule has 0 bridgehead atoms. The summed E-state index contributed by atoms with van der Waals surface area (Å²) in [6.45, 7) is 5.83. The molecular weight excluding hydrogens is 256 g/mol. The van der Waals surface area contributed by atoms with Gasteiger partial charge in [-0.2, -0.15) is 0 Å². The predicted octanol–water partition coefficient (Wildman–Crippen LogP) is 3.53. The van der Waals surface area contributed by atoms with Crippen LogP contribution < -0.4 is 10.1 Å². The molecule has 0 radical (unpaired) electrons. The molecule has 2 rings (SSSR count). The van der Waals surface area contributed by atoms with Crippen LogP contribution in [0.25, 0.3) is 11.3 Å². The van der Waals surface area contributed by atoms with Crippen molar-refractivity contribution < 1.29 is 4.74 Å². The van der Waals surface area contributed by atoms with Gasteiger partial charge in [-0.15, -0.1) is 11.3 Å². The van der Waals surface area contributed by atoms with Crippen molar-refractivity contribution in [1.82, 2.24) is 10.3 Å². The van der Waals surface area contributed by atoms with Gasteiger partial charge in [0.2, 0.25) is 0 Å². The van der Waals surface area contributed by atoms with Crippen LogP contribution in [0.2, 0.25) is 0 Å². The SMILES string of the molecule is CCOc1ccc(-c2csc(C(C)CNC)n2)cc1. The Morgan fingerprint density at radius 1 is 1.32 bits per heavy atom. The van der Waals surface area contributed by atoms with Crippen LogP contribution in [0.4, 0.5) is 0 Å². The lowest BCUT2D eigenvalue weighted by molar-refractivity contribution is 0.340. The van der Waals surface area contributed by atoms with Crippen LogP contribution in [-0.2, 0) is 0 Å². The van der Waals surface area contributed by atoms with Crippen LogP contribution in [0.5, 0.6) is 5.75 Å². The van der Waals surface area contributed by atoms with Crippen molar-refractivity contribution >= 4 is 11.3 Å². The second kappa shape index (κ2) is 6.68. The Balaban J connectivity index is 2.13. The summed E-state index contributed by atoms with van der Waals surface area (Å²) >= 11 is 1.72. The van der Waals surface area contributed by atoms with Gasteiger partial charge in [0.05, 0.1) is 17.3 Å². The van der Waals surface area contributed by atoms with E-state index in [1.54, 1.807) is 11.3 Å². The van der Waals surface area contributed by atoms with Crippen molar-refractivity contribution in [3.63, 3.8) is 0 Å². The highest BCUT2D eigenvalue weighted by Gasteiger charge is 2.10. The topological polar surface area (TPSA) is 34.1 Å². The maximum atomic E-state index is 5.45. The van der Waals surface area contributed by atoms with E-state index in [1.807, 2.05) is 26.1 Å². The fourth-order valence-electron chi connectivity index (χ4n) is 1.93. The van der Waals surface area contributed by atoms with Gasteiger partial charge in [0.1, 0.15) is 5.75 Å². The molecule has 2 aromatic rings. The molecule has 3 nitrogen and oxygen atoms in total. The number of aromatic nitrogens is 1. The van der Waals surface area contributed by atoms with Gasteiger partial charge in [-0.1, -0.05) is 6.92 Å². The third-order valence-electron chi connectivity index (χ3n) is 2.91. The molecule has 0 amide bonds. The van der Waals surface area contributed by atoms with Crippen molar-refractivity contribution in [2.45, 2.75) is 19.8 Å². The molecule has 0 saturated carbocycles. The molecule has 0 aliphatic rings. The highest BCUT2D eigenvalue weighted by Crippen LogP contribution is 2.27. The molecule has 0 fully saturated rings. The normalized spacial score (nSPS) is 12.4. The van der Waals surface area contributed by atoms with Gasteiger partial charge >= 0.3 is 0 Å². The summed E-state index contributed by atoms with van der Waals surface area (Å²) < 4.78 is 5.45. The second-order valence-corrected chi connectivity index (χ2v) is 5.38. The van der Waals surface area contributed by atoms with E-state index in [0.29, 0.717) is 12.5 Å². The van der Waals surface area contributed by atoms with Crippen molar-refractivity contribution in [2.75, 3.05) is 20.2 Å². The number of hydrogen-bond donors (Lipinski definition) is 1. The fourth-order valence-corrected chi connectivity index (χ4v) is 2.82. The molecule has 0 aliphatic carbocycles. The first-order valence-corrected chi connectivity index (χ1v) is 7.45. The van der Waals surface area contributed by atoms with Gasteiger partial charge < -0.3 is 10.1 Å². The third kappa shape index (κ3) is 3.55. The molecule has 1 aromatic heterocycles. The Kier molecular flexibility index (Phi) is 4.93. The summed E-state index contributed by atoms with van der Waals surface area (Å²) in [6.07, 6.45) is 0. The van der Waals surface area contributed by atoms with Gasteiger partial charge in [0.15, 0.2) is 0 Å². The fraction of sp³-hybridized carbons (Fsp3) is 0.400. The average Bonchev–Trinajstić information content (AvgIpc) is 2.90. The van der Waals surface area contributed by atoms with Crippen LogP contribution in [0.3, 0.4) is 0 Å². The third-order valence-corrected chi connectivity index (χ3v) is 3.99. The van der Waals surface area contributed by atoms with E-state index in [4.69, 9.17) is 9.72 Å². The van der Waals surface area contributed by atoms with Crippen molar-refractivity contribution in [3.8, 4) is 17.0 Å². The maximum Gasteiger partial charge on any atom is 0.119 e. The molecule has 1 atom stereocenters. The van der Waals surface area contributed by atoms with Crippen molar-refractivity contribution in [2.24, 2.45) is 0 Å². The van der Waals surface area contributed by atoms with E-state index in [1.165, 1.54) is 5.01 Å². The number of ether oxygens (including phenoxy) is 1. The summed E-state index contributed by atoms with van der Waals surface area (Å²) in [5.74, 6) is 1.36. The van der Waals surface area contributed by atoms with E-state index in [9.17, 15) is 0 Å². The van der Waals surface area contributed by atoms with Gasteiger partial charge in [0, 0.05) is 23.4 Å². The van der Waals surface area contributed by atoms with Gasteiger partial charge in [0.25, 0.3) is 0 Å². The molecule has 19 heavy (non-hydrogen) atoms. The number of benzene rings is 1. The lowest BCUT2D eigenvalue weighted by Gasteiger charge is -2.06. The number of nitrogens with one attached hydrogen (secondary N) is 1. The monoisotopic (exact) mass is 276 g/mol. The zero-order chi connectivity index (χ0) is 13.7. The first-order valence-electron chi connectivity index (χ1n) is 6.57. The molecule has 1 N–H and O–H groups in total. The zero-order valence-electron chi connectivity index (χ0n) is 11.6. The summed E-state index contributed by atoms with van der Waals surface area (Å²) in [6, 6.07) is 8.11. The molecule has 0 aliphatic heterocycles. The molecule has 1 heterocycles. The zero-order valence-corrected chi connectivity index (χ0v) is 12.5. The second-order valence-electron chi connectivity index (χ2n) is 4.49. The number of thiazole rings is 1. The Labute approximate surface area is 118 Å². The van der Waals surface area contributed by atoms with Gasteiger partial charge in [-0.25, -0.2) is 4.98 Å². The molecule has 1 unspecified atom stereocenters. The lowest BCUT2D eigenvalue weighted by atomic mass is 10.1. The van der Waals surface area contributed by atoms with E-state index >= 15 is 0 Å². The number of likely N-dealkylation sites (N-methyl/N-ethyl adjacent to an activating group) is 1. The first-order chi connectivity index (χ1) is 9.24. The summed E-state index contributed by atoms with van der Waals surface area (Å²) in [5.41, 5.74) is 2.19. The minimum Gasteiger partial charge on any atom is -0.494 e. The molecule has 0 saturated heterocycles. The summed E-state index contributed by atoms with van der Waals surface area (Å²) in [5, 5.41) is 6.49. The maximum absolute atomic E-state index is 5.45. The number of rotatable bonds is 6. The predicted molar refractivity (Wildman–Crippen MR) is 81.1 cm³/mol. The first kappa shape index (κ1) is 14.0. The lowest BCUT2D eigenvalue weighted by Crippen LogP contribution is -2.14. The highest BCUT2D eigenvalue weighted by molar-refractivity contribution is 7.10. The Morgan fingerprint density at radius 3 is 2.68 bits per heavy atom. The van der Waals surface area contributed by atoms with E-state index in [2.05, 4.69) is 29.8 Å². The minimum atomic E-state index is 0.450. The smallest absolute Gasteiger partial charge is 0.119 e. The number of hydrogen-bond acceptors (Lipinski definition) is 4. The Morgan fingerprint density at radius 2 is 2.05 bits per heavy atom. The van der Waals surface area contributed by atoms with Crippen LogP contribution in [0.1, 0.15) is 24.8 Å². The minimum absolute atomic E-state index is 0.450. The Bertz CT molecular complexity index is 507. The van der Waals surface area contributed by atoms with Gasteiger partial charge in [-0.05, 0) is 38.2 Å². The Hall–Kier alpha value is -1.39. The van der Waals surface area contributed by atoms with Crippen LogP contribution in [0, 0.1) is 0 Å². The average molecular weight is 276 g/mol. The summed E-state index contributed by atoms with van der Waals surface area (Å²) in [4.78, 5) is 4.71. The molecule has 4 heteroatoms. The van der Waals surface area contributed by atoms with E-state index in [-0.39, 0.29) is 0 Å². The van der Waals surface area contributed by atoms with Crippen molar-refractivity contribution in [3.05, 3.63) is 34.7 Å². The molecule has 102 valence electrons. The highest BCUT2D eigenvalue weighted by atomic mass is 32.1. The quantitative estimate of drug-likeness (QED) is 0.876.